The third-order valence-corrected chi connectivity index (χ3v) is 6.40. The van der Waals surface area contributed by atoms with Crippen molar-refractivity contribution in [2.75, 3.05) is 4.90 Å². The third kappa shape index (κ3) is 1.79. The topological polar surface area (TPSA) is 29.0 Å². The zero-order chi connectivity index (χ0) is 18.2. The summed E-state index contributed by atoms with van der Waals surface area (Å²) in [6, 6.07) is 18.0. The van der Waals surface area contributed by atoms with Crippen LogP contribution in [0.15, 0.2) is 67.1 Å². The van der Waals surface area contributed by atoms with Crippen LogP contribution in [-0.2, 0) is 19.3 Å². The molecular weight excluding hydrogens is 342 g/mol. The largest absolute Gasteiger partial charge is 0.308 e. The number of fused-ring (bicyclic) bond motifs is 7. The fourth-order valence-electron chi connectivity index (χ4n) is 5.19. The zero-order valence-corrected chi connectivity index (χ0v) is 15.3. The Morgan fingerprint density at radius 1 is 0.679 bits per heavy atom. The Bertz CT molecular complexity index is 1310. The molecule has 0 saturated heterocycles. The van der Waals surface area contributed by atoms with Crippen LogP contribution in [0.25, 0.3) is 11.1 Å². The van der Waals surface area contributed by atoms with E-state index in [4.69, 9.17) is 4.98 Å². The lowest BCUT2D eigenvalue weighted by molar-refractivity contribution is 0.951. The van der Waals surface area contributed by atoms with E-state index in [9.17, 15) is 0 Å². The van der Waals surface area contributed by atoms with Crippen LogP contribution < -0.4 is 4.90 Å². The Hall–Kier alpha value is -3.46. The molecule has 1 aliphatic carbocycles. The number of hydrogen-bond acceptors (Lipinski definition) is 3. The highest BCUT2D eigenvalue weighted by Crippen LogP contribution is 2.51. The van der Waals surface area contributed by atoms with E-state index < -0.39 is 0 Å². The van der Waals surface area contributed by atoms with Crippen molar-refractivity contribution in [3.05, 3.63) is 101 Å². The molecule has 0 atom stereocenters. The van der Waals surface area contributed by atoms with Crippen LogP contribution in [0.2, 0.25) is 0 Å². The number of benzene rings is 2. The molecule has 0 unspecified atom stereocenters. The van der Waals surface area contributed by atoms with Crippen LogP contribution in [0, 0.1) is 0 Å². The molecule has 2 aromatic heterocycles. The molecule has 4 aromatic rings. The molecule has 0 amide bonds. The molecule has 3 nitrogen and oxygen atoms in total. The standard InChI is InChI=1S/C25H17N3/c1-2-4-20-15(3-1)9-17-11-18-10-16-5-8-27-22-12-19-14-26-7-6-23(19)28(25(16)22)24(18)13-21(17)20/h1-8,11,13-14H,9-10,12H2. The Morgan fingerprint density at radius 2 is 1.61 bits per heavy atom. The smallest absolute Gasteiger partial charge is 0.0716 e. The molecule has 0 saturated carbocycles. The number of anilines is 3. The second-order valence-electron chi connectivity index (χ2n) is 7.93. The van der Waals surface area contributed by atoms with Gasteiger partial charge in [0.05, 0.1) is 22.8 Å². The number of rotatable bonds is 0. The van der Waals surface area contributed by atoms with Gasteiger partial charge in [-0.15, -0.1) is 0 Å². The molecule has 0 fully saturated rings. The van der Waals surface area contributed by atoms with E-state index in [0.717, 1.165) is 25.0 Å². The summed E-state index contributed by atoms with van der Waals surface area (Å²) in [5, 5.41) is 0. The molecule has 7 rings (SSSR count). The van der Waals surface area contributed by atoms with Gasteiger partial charge in [0, 0.05) is 37.0 Å². The fourth-order valence-corrected chi connectivity index (χ4v) is 5.19. The second kappa shape index (κ2) is 5.08. The van der Waals surface area contributed by atoms with Gasteiger partial charge in [-0.1, -0.05) is 30.3 Å². The molecule has 3 heteroatoms. The van der Waals surface area contributed by atoms with E-state index >= 15 is 0 Å². The molecule has 3 aliphatic rings. The maximum Gasteiger partial charge on any atom is 0.0716 e. The van der Waals surface area contributed by atoms with E-state index in [2.05, 4.69) is 58.4 Å². The summed E-state index contributed by atoms with van der Waals surface area (Å²) in [4.78, 5) is 11.5. The van der Waals surface area contributed by atoms with E-state index in [1.54, 1.807) is 0 Å². The minimum atomic E-state index is 0.853. The van der Waals surface area contributed by atoms with Gasteiger partial charge in [-0.25, -0.2) is 0 Å². The van der Waals surface area contributed by atoms with Gasteiger partial charge in [-0.3, -0.25) is 9.97 Å². The molecular formula is C25H17N3. The van der Waals surface area contributed by atoms with Crippen molar-refractivity contribution >= 4 is 17.1 Å². The molecule has 0 bridgehead atoms. The lowest BCUT2D eigenvalue weighted by atomic mass is 9.88. The Labute approximate surface area is 163 Å². The highest BCUT2D eigenvalue weighted by Gasteiger charge is 2.33. The quantitative estimate of drug-likeness (QED) is 0.367. The lowest BCUT2D eigenvalue weighted by Gasteiger charge is -2.38. The molecule has 4 heterocycles. The minimum absolute atomic E-state index is 0.853. The molecule has 2 aromatic carbocycles. The normalized spacial score (nSPS) is 14.6. The summed E-state index contributed by atoms with van der Waals surface area (Å²) in [6.07, 6.45) is 8.71. The van der Waals surface area contributed by atoms with Crippen LogP contribution in [0.4, 0.5) is 17.1 Å². The van der Waals surface area contributed by atoms with Gasteiger partial charge in [0.1, 0.15) is 0 Å². The first-order valence-corrected chi connectivity index (χ1v) is 9.81. The summed E-state index contributed by atoms with van der Waals surface area (Å²) < 4.78 is 0. The van der Waals surface area contributed by atoms with Crippen LogP contribution in [0.1, 0.15) is 33.5 Å². The van der Waals surface area contributed by atoms with E-state index in [-0.39, 0.29) is 0 Å². The van der Waals surface area contributed by atoms with Crippen molar-refractivity contribution in [1.29, 1.82) is 0 Å². The van der Waals surface area contributed by atoms with Crippen molar-refractivity contribution in [1.82, 2.24) is 9.97 Å². The first kappa shape index (κ1) is 14.6. The summed E-state index contributed by atoms with van der Waals surface area (Å²) in [7, 11) is 0. The Balaban J connectivity index is 1.53. The van der Waals surface area contributed by atoms with Crippen LogP contribution in [-0.4, -0.2) is 9.97 Å². The fraction of sp³-hybridized carbons (Fsp3) is 0.120. The first-order chi connectivity index (χ1) is 13.9. The first-order valence-electron chi connectivity index (χ1n) is 9.81. The number of pyridine rings is 2. The van der Waals surface area contributed by atoms with Gasteiger partial charge in [0.2, 0.25) is 0 Å². The van der Waals surface area contributed by atoms with Crippen LogP contribution in [0.5, 0.6) is 0 Å². The van der Waals surface area contributed by atoms with Gasteiger partial charge in [0.25, 0.3) is 0 Å². The van der Waals surface area contributed by atoms with Crippen LogP contribution >= 0.6 is 0 Å². The number of nitrogens with zero attached hydrogens (tertiary/aromatic N) is 3. The number of hydrogen-bond donors (Lipinski definition) is 0. The van der Waals surface area contributed by atoms with Gasteiger partial charge in [0.15, 0.2) is 0 Å². The average Bonchev–Trinajstić information content (AvgIpc) is 3.09. The predicted octanol–water partition coefficient (Wildman–Crippen LogP) is 5.33. The molecule has 0 radical (unpaired) electrons. The van der Waals surface area contributed by atoms with Gasteiger partial charge in [-0.05, 0) is 58.0 Å². The van der Waals surface area contributed by atoms with Crippen molar-refractivity contribution in [3.8, 4) is 11.1 Å². The maximum atomic E-state index is 4.72. The maximum absolute atomic E-state index is 4.72. The molecule has 28 heavy (non-hydrogen) atoms. The summed E-state index contributed by atoms with van der Waals surface area (Å²) >= 11 is 0. The average molecular weight is 359 g/mol. The summed E-state index contributed by atoms with van der Waals surface area (Å²) in [6.45, 7) is 0. The summed E-state index contributed by atoms with van der Waals surface area (Å²) in [5.74, 6) is 0. The van der Waals surface area contributed by atoms with Crippen molar-refractivity contribution < 1.29 is 0 Å². The van der Waals surface area contributed by atoms with Crippen molar-refractivity contribution in [3.63, 3.8) is 0 Å². The van der Waals surface area contributed by atoms with E-state index in [1.165, 1.54) is 56.0 Å². The van der Waals surface area contributed by atoms with Crippen LogP contribution in [0.3, 0.4) is 0 Å². The number of aromatic nitrogens is 2. The monoisotopic (exact) mass is 359 g/mol. The third-order valence-electron chi connectivity index (χ3n) is 6.40. The van der Waals surface area contributed by atoms with Crippen molar-refractivity contribution in [2.45, 2.75) is 19.3 Å². The Morgan fingerprint density at radius 3 is 2.61 bits per heavy atom. The lowest BCUT2D eigenvalue weighted by Crippen LogP contribution is -2.25. The van der Waals surface area contributed by atoms with Gasteiger partial charge >= 0.3 is 0 Å². The highest BCUT2D eigenvalue weighted by atomic mass is 15.2. The SMILES string of the molecule is c1ccc2c(c1)Cc1cc3c(cc1-2)N1c2ccncc2Cc2nccc(c21)C3. The molecule has 2 aliphatic heterocycles. The van der Waals surface area contributed by atoms with E-state index in [0.29, 0.717) is 0 Å². The molecule has 0 N–H and O–H groups in total. The molecule has 0 spiro atoms. The molecule has 132 valence electrons. The summed E-state index contributed by atoms with van der Waals surface area (Å²) in [5.41, 5.74) is 14.6. The second-order valence-corrected chi connectivity index (χ2v) is 7.93. The van der Waals surface area contributed by atoms with E-state index in [1.807, 2.05) is 18.6 Å². The van der Waals surface area contributed by atoms with Gasteiger partial charge in [-0.2, -0.15) is 0 Å². The predicted molar refractivity (Wildman–Crippen MR) is 111 cm³/mol. The Kier molecular flexibility index (Phi) is 2.64. The highest BCUT2D eigenvalue weighted by molar-refractivity contribution is 5.91. The minimum Gasteiger partial charge on any atom is -0.308 e. The zero-order valence-electron chi connectivity index (χ0n) is 15.3. The van der Waals surface area contributed by atoms with Gasteiger partial charge < -0.3 is 4.90 Å². The van der Waals surface area contributed by atoms with Crippen molar-refractivity contribution in [2.24, 2.45) is 0 Å².